The Labute approximate surface area is 184 Å². The van der Waals surface area contributed by atoms with Gasteiger partial charge in [0, 0.05) is 22.9 Å². The van der Waals surface area contributed by atoms with Crippen molar-refractivity contribution in [2.75, 3.05) is 18.5 Å². The average molecular weight is 452 g/mol. The van der Waals surface area contributed by atoms with Gasteiger partial charge in [0.15, 0.2) is 5.75 Å². The highest BCUT2D eigenvalue weighted by atomic mass is 35.5. The van der Waals surface area contributed by atoms with E-state index in [9.17, 15) is 0 Å². The van der Waals surface area contributed by atoms with Gasteiger partial charge in [-0.3, -0.25) is 0 Å². The van der Waals surface area contributed by atoms with Gasteiger partial charge < -0.3 is 25.4 Å². The maximum Gasteiger partial charge on any atom is 0.258 e. The molecule has 0 fully saturated rings. The number of anilines is 1. The van der Waals surface area contributed by atoms with Crippen molar-refractivity contribution in [1.82, 2.24) is 15.1 Å². The van der Waals surface area contributed by atoms with E-state index < -0.39 is 6.04 Å². The summed E-state index contributed by atoms with van der Waals surface area (Å²) in [5.74, 6) is 1.70. The first kappa shape index (κ1) is 22.3. The Kier molecular flexibility index (Phi) is 7.14. The minimum absolute atomic E-state index is 0.0792. The van der Waals surface area contributed by atoms with E-state index >= 15 is 0 Å². The van der Waals surface area contributed by atoms with Crippen molar-refractivity contribution >= 4 is 29.0 Å². The van der Waals surface area contributed by atoms with Gasteiger partial charge in [-0.2, -0.15) is 4.98 Å². The lowest BCUT2D eigenvalue weighted by atomic mass is 10.2. The number of pyridine rings is 1. The van der Waals surface area contributed by atoms with Gasteiger partial charge in [0.05, 0.1) is 22.7 Å². The van der Waals surface area contributed by atoms with Gasteiger partial charge in [-0.05, 0) is 45.0 Å². The molecular formula is C20H23Cl2N5O3. The van der Waals surface area contributed by atoms with Gasteiger partial charge in [0.1, 0.15) is 12.4 Å². The summed E-state index contributed by atoms with van der Waals surface area (Å²) in [5.41, 5.74) is 7.79. The van der Waals surface area contributed by atoms with Crippen molar-refractivity contribution in [1.29, 1.82) is 0 Å². The van der Waals surface area contributed by atoms with Gasteiger partial charge >= 0.3 is 0 Å². The number of hydrogen-bond donors (Lipinski definition) is 3. The van der Waals surface area contributed by atoms with E-state index in [0.717, 1.165) is 17.1 Å². The second kappa shape index (κ2) is 9.61. The molecule has 30 heavy (non-hydrogen) atoms. The molecule has 3 rings (SSSR count). The summed E-state index contributed by atoms with van der Waals surface area (Å²) in [6.45, 7) is 5.84. The normalized spacial score (nSPS) is 12.3. The van der Waals surface area contributed by atoms with Gasteiger partial charge in [0.25, 0.3) is 5.89 Å². The summed E-state index contributed by atoms with van der Waals surface area (Å²) >= 11 is 12.6. The van der Waals surface area contributed by atoms with Crippen LogP contribution in [-0.4, -0.2) is 45.5 Å². The Hall–Kier alpha value is -2.39. The number of halogens is 2. The molecule has 0 unspecified atom stereocenters. The number of rotatable bonds is 8. The molecule has 8 nitrogen and oxygen atoms in total. The second-order valence-electron chi connectivity index (χ2n) is 7.13. The molecule has 0 saturated heterocycles. The fourth-order valence-electron chi connectivity index (χ4n) is 2.69. The molecule has 0 bridgehead atoms. The van der Waals surface area contributed by atoms with Crippen LogP contribution in [-0.2, 0) is 0 Å². The highest BCUT2D eigenvalue weighted by Crippen LogP contribution is 2.37. The minimum Gasteiger partial charge on any atom is -0.489 e. The van der Waals surface area contributed by atoms with Crippen LogP contribution in [0.15, 0.2) is 28.8 Å². The number of nitrogens with zero attached hydrogens (tertiary/aromatic N) is 3. The number of hydrogen-bond acceptors (Lipinski definition) is 8. The van der Waals surface area contributed by atoms with E-state index in [1.165, 1.54) is 0 Å². The van der Waals surface area contributed by atoms with Gasteiger partial charge in [-0.25, -0.2) is 4.98 Å². The van der Waals surface area contributed by atoms with Crippen molar-refractivity contribution in [3.63, 3.8) is 0 Å². The van der Waals surface area contributed by atoms with E-state index in [2.05, 4.69) is 20.4 Å². The van der Waals surface area contributed by atoms with Crippen LogP contribution in [0.25, 0.3) is 22.8 Å². The molecule has 3 aromatic rings. The number of aromatic nitrogens is 3. The van der Waals surface area contributed by atoms with E-state index in [0.29, 0.717) is 17.3 Å². The van der Waals surface area contributed by atoms with Crippen molar-refractivity contribution in [2.24, 2.45) is 5.73 Å². The van der Waals surface area contributed by atoms with Gasteiger partial charge in [0.2, 0.25) is 5.82 Å². The zero-order chi connectivity index (χ0) is 21.8. The molecule has 0 aliphatic carbocycles. The van der Waals surface area contributed by atoms with Crippen LogP contribution in [0, 0.1) is 6.92 Å². The highest BCUT2D eigenvalue weighted by Gasteiger charge is 2.17. The zero-order valence-corrected chi connectivity index (χ0v) is 18.3. The van der Waals surface area contributed by atoms with Crippen molar-refractivity contribution < 1.29 is 14.4 Å². The van der Waals surface area contributed by atoms with Crippen LogP contribution >= 0.6 is 23.2 Å². The largest absolute Gasteiger partial charge is 0.489 e. The quantitative estimate of drug-likeness (QED) is 0.470. The molecule has 1 atom stereocenters. The Morgan fingerprint density at radius 2 is 1.83 bits per heavy atom. The number of benzene rings is 1. The Balaban J connectivity index is 1.87. The predicted octanol–water partition coefficient (Wildman–Crippen LogP) is 3.93. The van der Waals surface area contributed by atoms with Crippen LogP contribution in [0.4, 0.5) is 5.82 Å². The molecule has 1 aromatic carbocycles. The maximum absolute atomic E-state index is 9.01. The summed E-state index contributed by atoms with van der Waals surface area (Å²) in [6, 6.07) is 6.68. The number of ether oxygens (including phenoxy) is 1. The Bertz CT molecular complexity index is 1000. The summed E-state index contributed by atoms with van der Waals surface area (Å²) < 4.78 is 11.0. The third-order valence-corrected chi connectivity index (χ3v) is 4.56. The van der Waals surface area contributed by atoms with Crippen LogP contribution in [0.3, 0.4) is 0 Å². The first-order valence-corrected chi connectivity index (χ1v) is 10.1. The van der Waals surface area contributed by atoms with Crippen molar-refractivity contribution in [3.05, 3.63) is 40.0 Å². The fraction of sp³-hybridized carbons (Fsp3) is 0.350. The molecule has 2 aromatic heterocycles. The predicted molar refractivity (Wildman–Crippen MR) is 117 cm³/mol. The average Bonchev–Trinajstić information content (AvgIpc) is 3.16. The summed E-state index contributed by atoms with van der Waals surface area (Å²) in [4.78, 5) is 8.93. The molecule has 10 heteroatoms. The fourth-order valence-corrected chi connectivity index (χ4v) is 3.29. The summed E-state index contributed by atoms with van der Waals surface area (Å²) in [7, 11) is 0. The van der Waals surface area contributed by atoms with Crippen molar-refractivity contribution in [3.8, 4) is 28.6 Å². The SMILES string of the molecule is Cc1cc(-c2nc(-c3cc(Cl)c(OC[C@H](N)CO)c(Cl)c3)no2)cc(NC(C)C)n1. The number of aliphatic hydroxyl groups is 1. The molecule has 0 spiro atoms. The van der Waals surface area contributed by atoms with Crippen LogP contribution in [0.5, 0.6) is 5.75 Å². The number of nitrogens with two attached hydrogens (primary N) is 1. The topological polar surface area (TPSA) is 119 Å². The standard InChI is InChI=1S/C20H23Cl2N5O3/c1-10(2)24-17-7-13(4-11(3)25-17)20-26-19(27-30-20)12-5-15(21)18(16(22)6-12)29-9-14(23)8-28/h4-7,10,14,28H,8-9,23H2,1-3H3,(H,24,25)/t14-/m1/s1. The van der Waals surface area contributed by atoms with Crippen LogP contribution in [0.2, 0.25) is 10.0 Å². The van der Waals surface area contributed by atoms with Crippen molar-refractivity contribution in [2.45, 2.75) is 32.9 Å². The third kappa shape index (κ3) is 5.40. The highest BCUT2D eigenvalue weighted by molar-refractivity contribution is 6.37. The molecule has 0 aliphatic rings. The van der Waals surface area contributed by atoms with Crippen LogP contribution in [0.1, 0.15) is 19.5 Å². The molecule has 0 radical (unpaired) electrons. The lowest BCUT2D eigenvalue weighted by molar-refractivity contribution is 0.207. The van der Waals surface area contributed by atoms with E-state index in [4.69, 9.17) is 43.3 Å². The lowest BCUT2D eigenvalue weighted by Gasteiger charge is -2.13. The summed E-state index contributed by atoms with van der Waals surface area (Å²) in [5, 5.41) is 16.9. The molecule has 0 saturated carbocycles. The maximum atomic E-state index is 9.01. The number of aliphatic hydroxyl groups excluding tert-OH is 1. The molecule has 160 valence electrons. The van der Waals surface area contributed by atoms with Gasteiger partial charge in [-0.1, -0.05) is 28.4 Å². The molecule has 4 N–H and O–H groups in total. The third-order valence-electron chi connectivity index (χ3n) is 4.00. The first-order valence-electron chi connectivity index (χ1n) is 9.34. The number of aryl methyl sites for hydroxylation is 1. The molecular weight excluding hydrogens is 429 g/mol. The second-order valence-corrected chi connectivity index (χ2v) is 7.94. The molecule has 0 aliphatic heterocycles. The first-order chi connectivity index (χ1) is 14.3. The minimum atomic E-state index is -0.532. The number of nitrogens with one attached hydrogen (secondary N) is 1. The monoisotopic (exact) mass is 451 g/mol. The Morgan fingerprint density at radius 3 is 2.47 bits per heavy atom. The van der Waals surface area contributed by atoms with E-state index in [1.807, 2.05) is 32.9 Å². The smallest absolute Gasteiger partial charge is 0.258 e. The van der Waals surface area contributed by atoms with E-state index in [-0.39, 0.29) is 35.1 Å². The lowest BCUT2D eigenvalue weighted by Crippen LogP contribution is -2.31. The molecule has 2 heterocycles. The Morgan fingerprint density at radius 1 is 1.13 bits per heavy atom. The summed E-state index contributed by atoms with van der Waals surface area (Å²) in [6.07, 6.45) is 0. The molecule has 0 amide bonds. The zero-order valence-electron chi connectivity index (χ0n) is 16.8. The van der Waals surface area contributed by atoms with Crippen LogP contribution < -0.4 is 15.8 Å². The van der Waals surface area contributed by atoms with Gasteiger partial charge in [-0.15, -0.1) is 0 Å². The van der Waals surface area contributed by atoms with E-state index in [1.54, 1.807) is 12.1 Å².